The standard InChI is InChI=1S/C14H20Cl2FNO/c1-4-14(19,5-2)8-18-9(3)12-10(15)6-7-11(17)13(12)16/h6-7,9,18-19H,4-5,8H2,1-3H3. The SMILES string of the molecule is CCC(O)(CC)CNC(C)c1c(Cl)ccc(F)c1Cl. The molecule has 0 fully saturated rings. The van der Waals surface area contributed by atoms with Gasteiger partial charge in [-0.2, -0.15) is 0 Å². The second-order valence-corrected chi connectivity index (χ2v) is 5.58. The van der Waals surface area contributed by atoms with E-state index in [1.54, 1.807) is 0 Å². The Kier molecular flexibility index (Phi) is 6.06. The quantitative estimate of drug-likeness (QED) is 0.767. The first kappa shape index (κ1) is 16.7. The van der Waals surface area contributed by atoms with Crippen LogP contribution in [0, 0.1) is 5.82 Å². The van der Waals surface area contributed by atoms with E-state index >= 15 is 0 Å². The van der Waals surface area contributed by atoms with E-state index in [4.69, 9.17) is 23.2 Å². The van der Waals surface area contributed by atoms with Crippen molar-refractivity contribution in [3.63, 3.8) is 0 Å². The van der Waals surface area contributed by atoms with Gasteiger partial charge >= 0.3 is 0 Å². The van der Waals surface area contributed by atoms with Gasteiger partial charge in [0.25, 0.3) is 0 Å². The summed E-state index contributed by atoms with van der Waals surface area (Å²) in [6, 6.07) is 2.50. The lowest BCUT2D eigenvalue weighted by Crippen LogP contribution is -2.40. The molecular weight excluding hydrogens is 288 g/mol. The Hall–Kier alpha value is -0.350. The molecule has 0 amide bonds. The molecule has 0 aliphatic rings. The van der Waals surface area contributed by atoms with Gasteiger partial charge < -0.3 is 10.4 Å². The fourth-order valence-corrected chi connectivity index (χ4v) is 2.58. The molecule has 0 aromatic heterocycles. The van der Waals surface area contributed by atoms with Crippen molar-refractivity contribution in [2.24, 2.45) is 0 Å². The average Bonchev–Trinajstić information content (AvgIpc) is 2.40. The summed E-state index contributed by atoms with van der Waals surface area (Å²) in [7, 11) is 0. The third kappa shape index (κ3) is 4.06. The van der Waals surface area contributed by atoms with Crippen LogP contribution < -0.4 is 5.32 Å². The summed E-state index contributed by atoms with van der Waals surface area (Å²) in [5, 5.41) is 13.8. The van der Waals surface area contributed by atoms with Crippen molar-refractivity contribution >= 4 is 23.2 Å². The minimum atomic E-state index is -0.763. The van der Waals surface area contributed by atoms with Crippen LogP contribution in [-0.2, 0) is 0 Å². The maximum Gasteiger partial charge on any atom is 0.142 e. The predicted octanol–water partition coefficient (Wildman–Crippen LogP) is 4.33. The normalized spacial score (nSPS) is 13.6. The molecule has 1 atom stereocenters. The number of rotatable bonds is 6. The van der Waals surface area contributed by atoms with E-state index < -0.39 is 11.4 Å². The van der Waals surface area contributed by atoms with Crippen LogP contribution in [0.25, 0.3) is 0 Å². The number of hydrogen-bond acceptors (Lipinski definition) is 2. The third-order valence-electron chi connectivity index (χ3n) is 3.57. The Labute approximate surface area is 123 Å². The summed E-state index contributed by atoms with van der Waals surface area (Å²) < 4.78 is 13.5. The monoisotopic (exact) mass is 307 g/mol. The van der Waals surface area contributed by atoms with E-state index in [0.29, 0.717) is 30.0 Å². The van der Waals surface area contributed by atoms with Crippen LogP contribution in [0.2, 0.25) is 10.0 Å². The van der Waals surface area contributed by atoms with Crippen LogP contribution >= 0.6 is 23.2 Å². The van der Waals surface area contributed by atoms with Crippen molar-refractivity contribution in [1.29, 1.82) is 0 Å². The maximum atomic E-state index is 13.5. The van der Waals surface area contributed by atoms with Crippen molar-refractivity contribution in [2.75, 3.05) is 6.54 Å². The van der Waals surface area contributed by atoms with E-state index in [1.165, 1.54) is 12.1 Å². The zero-order valence-corrected chi connectivity index (χ0v) is 12.9. The summed E-state index contributed by atoms with van der Waals surface area (Å²) in [6.45, 7) is 6.11. The van der Waals surface area contributed by atoms with Gasteiger partial charge in [0.15, 0.2) is 0 Å². The number of hydrogen-bond donors (Lipinski definition) is 2. The smallest absolute Gasteiger partial charge is 0.142 e. The highest BCUT2D eigenvalue weighted by molar-refractivity contribution is 6.36. The molecule has 108 valence electrons. The topological polar surface area (TPSA) is 32.3 Å². The summed E-state index contributed by atoms with van der Waals surface area (Å²) in [4.78, 5) is 0. The molecule has 1 aromatic rings. The van der Waals surface area contributed by atoms with Crippen molar-refractivity contribution < 1.29 is 9.50 Å². The molecule has 2 nitrogen and oxygen atoms in total. The van der Waals surface area contributed by atoms with Crippen LogP contribution in [0.3, 0.4) is 0 Å². The molecule has 0 radical (unpaired) electrons. The Morgan fingerprint density at radius 1 is 1.32 bits per heavy atom. The van der Waals surface area contributed by atoms with Crippen LogP contribution in [0.1, 0.15) is 45.2 Å². The average molecular weight is 308 g/mol. The number of aliphatic hydroxyl groups is 1. The van der Waals surface area contributed by atoms with Crippen LogP contribution in [0.5, 0.6) is 0 Å². The highest BCUT2D eigenvalue weighted by atomic mass is 35.5. The largest absolute Gasteiger partial charge is 0.389 e. The Morgan fingerprint density at radius 2 is 1.89 bits per heavy atom. The lowest BCUT2D eigenvalue weighted by Gasteiger charge is -2.28. The molecule has 0 saturated heterocycles. The molecule has 5 heteroatoms. The van der Waals surface area contributed by atoms with E-state index in [9.17, 15) is 9.50 Å². The van der Waals surface area contributed by atoms with Gasteiger partial charge in [0.05, 0.1) is 10.6 Å². The van der Waals surface area contributed by atoms with Gasteiger partial charge in [-0.15, -0.1) is 0 Å². The zero-order valence-electron chi connectivity index (χ0n) is 11.4. The van der Waals surface area contributed by atoms with Gasteiger partial charge in [-0.3, -0.25) is 0 Å². The fourth-order valence-electron chi connectivity index (χ4n) is 1.88. The van der Waals surface area contributed by atoms with Gasteiger partial charge in [-0.1, -0.05) is 37.0 Å². The Morgan fingerprint density at radius 3 is 2.42 bits per heavy atom. The third-order valence-corrected chi connectivity index (χ3v) is 4.28. The predicted molar refractivity (Wildman–Crippen MR) is 78.4 cm³/mol. The minimum absolute atomic E-state index is 0.0315. The van der Waals surface area contributed by atoms with Crippen LogP contribution in [-0.4, -0.2) is 17.3 Å². The molecule has 2 N–H and O–H groups in total. The first-order valence-corrected chi connectivity index (χ1v) is 7.19. The lowest BCUT2D eigenvalue weighted by atomic mass is 9.96. The molecule has 0 bridgehead atoms. The summed E-state index contributed by atoms with van der Waals surface area (Å²) in [5.41, 5.74) is -0.238. The highest BCUT2D eigenvalue weighted by Crippen LogP contribution is 2.32. The highest BCUT2D eigenvalue weighted by Gasteiger charge is 2.24. The van der Waals surface area contributed by atoms with E-state index in [-0.39, 0.29) is 11.1 Å². The van der Waals surface area contributed by atoms with Gasteiger partial charge in [-0.25, -0.2) is 4.39 Å². The first-order chi connectivity index (χ1) is 8.84. The molecule has 19 heavy (non-hydrogen) atoms. The first-order valence-electron chi connectivity index (χ1n) is 6.43. The molecule has 0 aliphatic heterocycles. The molecule has 1 aromatic carbocycles. The van der Waals surface area contributed by atoms with Crippen molar-refractivity contribution in [1.82, 2.24) is 5.32 Å². The number of halogens is 3. The molecule has 1 rings (SSSR count). The summed E-state index contributed by atoms with van der Waals surface area (Å²) in [5.74, 6) is -0.490. The molecule has 0 spiro atoms. The summed E-state index contributed by atoms with van der Waals surface area (Å²) >= 11 is 12.0. The molecule has 1 unspecified atom stereocenters. The van der Waals surface area contributed by atoms with Crippen molar-refractivity contribution in [3.05, 3.63) is 33.6 Å². The second kappa shape index (κ2) is 6.89. The maximum absolute atomic E-state index is 13.5. The van der Waals surface area contributed by atoms with Gasteiger partial charge in [0, 0.05) is 23.2 Å². The lowest BCUT2D eigenvalue weighted by molar-refractivity contribution is 0.0303. The van der Waals surface area contributed by atoms with Gasteiger partial charge in [-0.05, 0) is 31.9 Å². The van der Waals surface area contributed by atoms with Gasteiger partial charge in [0.2, 0.25) is 0 Å². The molecule has 0 aliphatic carbocycles. The van der Waals surface area contributed by atoms with Gasteiger partial charge in [0.1, 0.15) is 5.82 Å². The second-order valence-electron chi connectivity index (χ2n) is 4.79. The molecule has 0 saturated carbocycles. The molecular formula is C14H20Cl2FNO. The fraction of sp³-hybridized carbons (Fsp3) is 0.571. The van der Waals surface area contributed by atoms with E-state index in [2.05, 4.69) is 5.32 Å². The summed E-state index contributed by atoms with van der Waals surface area (Å²) in [6.07, 6.45) is 1.29. The van der Waals surface area contributed by atoms with Crippen LogP contribution in [0.15, 0.2) is 12.1 Å². The molecule has 0 heterocycles. The number of nitrogens with one attached hydrogen (secondary N) is 1. The van der Waals surface area contributed by atoms with Crippen molar-refractivity contribution in [2.45, 2.75) is 45.3 Å². The van der Waals surface area contributed by atoms with Crippen molar-refractivity contribution in [3.8, 4) is 0 Å². The minimum Gasteiger partial charge on any atom is -0.389 e. The Balaban J connectivity index is 2.85. The van der Waals surface area contributed by atoms with E-state index in [0.717, 1.165) is 0 Å². The van der Waals surface area contributed by atoms with E-state index in [1.807, 2.05) is 20.8 Å². The zero-order chi connectivity index (χ0) is 14.6. The van der Waals surface area contributed by atoms with Crippen LogP contribution in [0.4, 0.5) is 4.39 Å². The Bertz CT molecular complexity index is 436. The number of benzene rings is 1.